The second-order valence-corrected chi connectivity index (χ2v) is 7.28. The molecule has 0 radical (unpaired) electrons. The lowest BCUT2D eigenvalue weighted by atomic mass is 9.95. The first-order chi connectivity index (χ1) is 14.4. The Bertz CT molecular complexity index is 949. The van der Waals surface area contributed by atoms with Gasteiger partial charge in [0.1, 0.15) is 11.5 Å². The summed E-state index contributed by atoms with van der Waals surface area (Å²) in [5.41, 5.74) is 2.15. The van der Waals surface area contributed by atoms with E-state index in [0.29, 0.717) is 23.3 Å². The molecule has 0 saturated carbocycles. The van der Waals surface area contributed by atoms with Crippen LogP contribution in [0.25, 0.3) is 5.76 Å². The molecule has 1 aliphatic rings. The zero-order valence-corrected chi connectivity index (χ0v) is 17.3. The van der Waals surface area contributed by atoms with E-state index >= 15 is 0 Å². The molecule has 2 aromatic rings. The topological polar surface area (TPSA) is 90.3 Å². The number of hydrogen-bond acceptors (Lipinski definition) is 6. The number of methoxy groups -OCH3 is 1. The maximum atomic E-state index is 12.9. The molecule has 1 amide bonds. The molecule has 1 fully saturated rings. The molecule has 2 N–H and O–H groups in total. The summed E-state index contributed by atoms with van der Waals surface area (Å²) in [6.07, 6.45) is 0.335. The van der Waals surface area contributed by atoms with Crippen molar-refractivity contribution in [1.29, 1.82) is 0 Å². The first kappa shape index (κ1) is 21.4. The Morgan fingerprint density at radius 2 is 1.70 bits per heavy atom. The zero-order valence-electron chi connectivity index (χ0n) is 17.3. The van der Waals surface area contributed by atoms with Crippen LogP contribution in [-0.4, -0.2) is 61.2 Å². The smallest absolute Gasteiger partial charge is 0.295 e. The van der Waals surface area contributed by atoms with Crippen molar-refractivity contribution in [2.75, 3.05) is 39.3 Å². The van der Waals surface area contributed by atoms with Crippen molar-refractivity contribution in [2.45, 2.75) is 12.5 Å². The maximum absolute atomic E-state index is 12.9. The monoisotopic (exact) mass is 410 g/mol. The summed E-state index contributed by atoms with van der Waals surface area (Å²) in [7, 11) is 5.39. The Labute approximate surface area is 175 Å². The second kappa shape index (κ2) is 9.00. The summed E-state index contributed by atoms with van der Waals surface area (Å²) in [5.74, 6) is -1.03. The summed E-state index contributed by atoms with van der Waals surface area (Å²) >= 11 is 0. The lowest BCUT2D eigenvalue weighted by Crippen LogP contribution is -2.31. The minimum absolute atomic E-state index is 0.0423. The van der Waals surface area contributed by atoms with Gasteiger partial charge >= 0.3 is 0 Å². The van der Waals surface area contributed by atoms with E-state index in [-0.39, 0.29) is 24.5 Å². The maximum Gasteiger partial charge on any atom is 0.295 e. The van der Waals surface area contributed by atoms with Gasteiger partial charge in [0, 0.05) is 38.5 Å². The van der Waals surface area contributed by atoms with Crippen molar-refractivity contribution in [3.05, 3.63) is 65.2 Å². The Hall–Kier alpha value is -3.32. The predicted molar refractivity (Wildman–Crippen MR) is 114 cm³/mol. The van der Waals surface area contributed by atoms with Gasteiger partial charge in [0.15, 0.2) is 0 Å². The van der Waals surface area contributed by atoms with E-state index in [2.05, 4.69) is 0 Å². The van der Waals surface area contributed by atoms with E-state index in [1.807, 2.05) is 43.3 Å². The van der Waals surface area contributed by atoms with Crippen molar-refractivity contribution >= 4 is 23.1 Å². The van der Waals surface area contributed by atoms with Gasteiger partial charge in [-0.3, -0.25) is 9.59 Å². The van der Waals surface area contributed by atoms with Crippen LogP contribution in [0.1, 0.15) is 23.6 Å². The summed E-state index contributed by atoms with van der Waals surface area (Å²) < 4.78 is 5.14. The molecule has 158 valence electrons. The van der Waals surface area contributed by atoms with Crippen molar-refractivity contribution in [2.24, 2.45) is 0 Å². The Morgan fingerprint density at radius 1 is 1.07 bits per heavy atom. The molecule has 2 aromatic carbocycles. The number of carbonyl (C=O) groups is 2. The van der Waals surface area contributed by atoms with Gasteiger partial charge in [-0.1, -0.05) is 12.1 Å². The van der Waals surface area contributed by atoms with Crippen LogP contribution < -0.4 is 9.64 Å². The quantitative estimate of drug-likeness (QED) is 0.414. The number of anilines is 1. The number of hydrogen-bond donors (Lipinski definition) is 2. The van der Waals surface area contributed by atoms with E-state index in [9.17, 15) is 19.8 Å². The number of nitrogens with zero attached hydrogens (tertiary/aromatic N) is 2. The van der Waals surface area contributed by atoms with Gasteiger partial charge in [-0.25, -0.2) is 0 Å². The van der Waals surface area contributed by atoms with Crippen molar-refractivity contribution < 1.29 is 24.5 Å². The molecule has 7 nitrogen and oxygen atoms in total. The number of aliphatic hydroxyl groups excluding tert-OH is 2. The Kier molecular flexibility index (Phi) is 6.42. The van der Waals surface area contributed by atoms with Crippen LogP contribution in [0.2, 0.25) is 0 Å². The highest BCUT2D eigenvalue weighted by molar-refractivity contribution is 6.46. The average Bonchev–Trinajstić information content (AvgIpc) is 3.02. The first-order valence-electron chi connectivity index (χ1n) is 9.70. The minimum atomic E-state index is -0.733. The van der Waals surface area contributed by atoms with E-state index in [4.69, 9.17) is 4.74 Å². The van der Waals surface area contributed by atoms with Gasteiger partial charge in [0.2, 0.25) is 0 Å². The van der Waals surface area contributed by atoms with Crippen LogP contribution in [0.3, 0.4) is 0 Å². The molecule has 0 spiro atoms. The van der Waals surface area contributed by atoms with E-state index in [0.717, 1.165) is 5.69 Å². The second-order valence-electron chi connectivity index (χ2n) is 7.28. The molecule has 0 aromatic heterocycles. The zero-order chi connectivity index (χ0) is 21.8. The number of carbonyl (C=O) groups excluding carboxylic acids is 2. The summed E-state index contributed by atoms with van der Waals surface area (Å²) in [6.45, 7) is 0.105. The fourth-order valence-electron chi connectivity index (χ4n) is 3.56. The summed E-state index contributed by atoms with van der Waals surface area (Å²) in [4.78, 5) is 29.0. The van der Waals surface area contributed by atoms with E-state index in [1.54, 1.807) is 31.4 Å². The Balaban J connectivity index is 2.11. The number of benzene rings is 2. The van der Waals surface area contributed by atoms with Gasteiger partial charge in [-0.05, 0) is 48.4 Å². The molecular formula is C23H26N2O5. The molecule has 7 heteroatoms. The fourth-order valence-corrected chi connectivity index (χ4v) is 3.56. The van der Waals surface area contributed by atoms with E-state index < -0.39 is 17.7 Å². The normalized spacial score (nSPS) is 18.0. The minimum Gasteiger partial charge on any atom is -0.507 e. The molecule has 1 atom stereocenters. The van der Waals surface area contributed by atoms with Gasteiger partial charge in [-0.2, -0.15) is 0 Å². The van der Waals surface area contributed by atoms with Crippen molar-refractivity contribution in [3.8, 4) is 5.75 Å². The average molecular weight is 410 g/mol. The standard InChI is InChI=1S/C23H26N2O5/c1-24(2)17-9-5-15(6-10-17)20-19(22(28)23(29)25(20)13-4-14-26)21(27)16-7-11-18(30-3)12-8-16/h5-12,20,26-27H,4,13-14H2,1-3H3/b21-19+/t20-/m1/s1. The van der Waals surface area contributed by atoms with Gasteiger partial charge in [0.25, 0.3) is 11.7 Å². The van der Waals surface area contributed by atoms with Crippen molar-refractivity contribution in [1.82, 2.24) is 4.90 Å². The molecule has 3 rings (SSSR count). The van der Waals surface area contributed by atoms with Gasteiger partial charge in [-0.15, -0.1) is 0 Å². The lowest BCUT2D eigenvalue weighted by Gasteiger charge is -2.25. The molecule has 1 aliphatic heterocycles. The van der Waals surface area contributed by atoms with Crippen LogP contribution >= 0.6 is 0 Å². The third kappa shape index (κ3) is 4.02. The molecule has 1 saturated heterocycles. The Morgan fingerprint density at radius 3 is 2.23 bits per heavy atom. The van der Waals surface area contributed by atoms with Crippen LogP contribution in [0.15, 0.2) is 54.1 Å². The summed E-state index contributed by atoms with van der Waals surface area (Å²) in [6, 6.07) is 13.4. The number of ketones is 1. The number of aliphatic hydroxyl groups is 2. The third-order valence-corrected chi connectivity index (χ3v) is 5.19. The largest absolute Gasteiger partial charge is 0.507 e. The molecule has 1 heterocycles. The lowest BCUT2D eigenvalue weighted by molar-refractivity contribution is -0.140. The summed E-state index contributed by atoms with van der Waals surface area (Å²) in [5, 5.41) is 20.2. The van der Waals surface area contributed by atoms with Crippen LogP contribution in [0.4, 0.5) is 5.69 Å². The first-order valence-corrected chi connectivity index (χ1v) is 9.70. The number of ether oxygens (including phenoxy) is 1. The van der Waals surface area contributed by atoms with Crippen molar-refractivity contribution in [3.63, 3.8) is 0 Å². The van der Waals surface area contributed by atoms with Crippen LogP contribution in [0, 0.1) is 0 Å². The SMILES string of the molecule is COc1ccc(/C(O)=C2\C(=O)C(=O)N(CCCO)[C@@H]2c2ccc(N(C)C)cc2)cc1. The predicted octanol–water partition coefficient (Wildman–Crippen LogP) is 2.57. The van der Waals surface area contributed by atoms with Crippen LogP contribution in [0.5, 0.6) is 5.75 Å². The van der Waals surface area contributed by atoms with Gasteiger partial charge < -0.3 is 24.7 Å². The third-order valence-electron chi connectivity index (χ3n) is 5.19. The van der Waals surface area contributed by atoms with E-state index in [1.165, 1.54) is 4.90 Å². The molecule has 30 heavy (non-hydrogen) atoms. The molecule has 0 bridgehead atoms. The number of likely N-dealkylation sites (tertiary alicyclic amines) is 1. The fraction of sp³-hybridized carbons (Fsp3) is 0.304. The number of amides is 1. The number of rotatable bonds is 7. The highest BCUT2D eigenvalue weighted by atomic mass is 16.5. The van der Waals surface area contributed by atoms with Gasteiger partial charge in [0.05, 0.1) is 18.7 Å². The molecule has 0 unspecified atom stereocenters. The molecular weight excluding hydrogens is 384 g/mol. The number of Topliss-reactive ketones (excluding diaryl/α,β-unsaturated/α-hetero) is 1. The van der Waals surface area contributed by atoms with Crippen LogP contribution in [-0.2, 0) is 9.59 Å². The highest BCUT2D eigenvalue weighted by Gasteiger charge is 2.45. The highest BCUT2D eigenvalue weighted by Crippen LogP contribution is 2.40. The molecule has 0 aliphatic carbocycles.